The van der Waals surface area contributed by atoms with Crippen LogP contribution in [0.15, 0.2) is 60.7 Å². The van der Waals surface area contributed by atoms with Crippen molar-refractivity contribution in [2.45, 2.75) is 25.4 Å². The minimum atomic E-state index is -0.105. The predicted molar refractivity (Wildman–Crippen MR) is 113 cm³/mol. The van der Waals surface area contributed by atoms with Gasteiger partial charge < -0.3 is 15.1 Å². The molecular weight excluding hydrogens is 364 g/mol. The maximum atomic E-state index is 12.9. The van der Waals surface area contributed by atoms with Crippen molar-refractivity contribution in [2.75, 3.05) is 38.0 Å². The number of carbonyl (C=O) groups is 2. The first-order chi connectivity index (χ1) is 14.2. The summed E-state index contributed by atoms with van der Waals surface area (Å²) in [7, 11) is 0. The van der Waals surface area contributed by atoms with Crippen molar-refractivity contribution in [3.05, 3.63) is 66.2 Å². The average molecular weight is 393 g/mol. The molecule has 1 aliphatic carbocycles. The van der Waals surface area contributed by atoms with Crippen LogP contribution in [-0.4, -0.2) is 65.4 Å². The number of rotatable bonds is 6. The molecule has 152 valence electrons. The molecule has 0 radical (unpaired) electrons. The summed E-state index contributed by atoms with van der Waals surface area (Å²) in [6, 6.07) is 20.2. The molecule has 6 nitrogen and oxygen atoms in total. The highest BCUT2D eigenvalue weighted by Crippen LogP contribution is 2.28. The van der Waals surface area contributed by atoms with E-state index in [-0.39, 0.29) is 11.9 Å². The van der Waals surface area contributed by atoms with Gasteiger partial charge in [-0.1, -0.05) is 48.5 Å². The van der Waals surface area contributed by atoms with Gasteiger partial charge in [0.2, 0.25) is 5.91 Å². The summed E-state index contributed by atoms with van der Waals surface area (Å²) in [5.74, 6) is 0.163. The molecule has 0 atom stereocenters. The number of nitrogens with zero attached hydrogens (tertiary/aromatic N) is 3. The fraction of sp³-hybridized carbons (Fsp3) is 0.391. The van der Waals surface area contributed by atoms with Gasteiger partial charge in [0.05, 0.1) is 6.54 Å². The topological polar surface area (TPSA) is 55.9 Å². The van der Waals surface area contributed by atoms with Gasteiger partial charge >= 0.3 is 6.03 Å². The van der Waals surface area contributed by atoms with Gasteiger partial charge in [-0.2, -0.15) is 0 Å². The summed E-state index contributed by atoms with van der Waals surface area (Å²) < 4.78 is 0. The summed E-state index contributed by atoms with van der Waals surface area (Å²) in [6.07, 6.45) is 2.35. The Morgan fingerprint density at radius 3 is 2.07 bits per heavy atom. The largest absolute Gasteiger partial charge is 0.338 e. The lowest BCUT2D eigenvalue weighted by atomic mass is 10.2. The highest BCUT2D eigenvalue weighted by Gasteiger charge is 2.32. The zero-order valence-electron chi connectivity index (χ0n) is 16.7. The summed E-state index contributed by atoms with van der Waals surface area (Å²) in [5.41, 5.74) is 2.03. The first-order valence-electron chi connectivity index (χ1n) is 10.4. The van der Waals surface area contributed by atoms with E-state index in [1.165, 1.54) is 18.4 Å². The lowest BCUT2D eigenvalue weighted by Crippen LogP contribution is -2.53. The number of benzene rings is 2. The minimum absolute atomic E-state index is 0.105. The van der Waals surface area contributed by atoms with Crippen LogP contribution in [0, 0.1) is 0 Å². The number of hydrogen-bond acceptors (Lipinski definition) is 3. The van der Waals surface area contributed by atoms with Crippen LogP contribution in [0.3, 0.4) is 0 Å². The standard InChI is InChI=1S/C23H28N4O2/c28-22(18-27(21-11-12-21)17-19-7-3-1-4-8-19)25-13-15-26(16-14-25)23(29)24-20-9-5-2-6-10-20/h1-10,21H,11-18H2,(H,24,29). The first kappa shape index (κ1) is 19.5. The van der Waals surface area contributed by atoms with Crippen LogP contribution in [0.2, 0.25) is 0 Å². The summed E-state index contributed by atoms with van der Waals surface area (Å²) in [6.45, 7) is 3.57. The first-order valence-corrected chi connectivity index (χ1v) is 10.4. The van der Waals surface area contributed by atoms with Gasteiger partial charge in [0.1, 0.15) is 0 Å². The maximum Gasteiger partial charge on any atom is 0.321 e. The van der Waals surface area contributed by atoms with Crippen LogP contribution in [0.1, 0.15) is 18.4 Å². The number of carbonyl (C=O) groups excluding carboxylic acids is 2. The normalized spacial score (nSPS) is 16.7. The molecule has 2 aromatic carbocycles. The van der Waals surface area contributed by atoms with E-state index in [1.54, 1.807) is 4.90 Å². The molecule has 1 heterocycles. The summed E-state index contributed by atoms with van der Waals surface area (Å²) >= 11 is 0. The molecule has 0 unspecified atom stereocenters. The molecule has 0 spiro atoms. The molecule has 4 rings (SSSR count). The van der Waals surface area contributed by atoms with Crippen LogP contribution in [0.25, 0.3) is 0 Å². The zero-order valence-corrected chi connectivity index (χ0v) is 16.7. The number of urea groups is 1. The Balaban J connectivity index is 1.26. The molecule has 1 saturated carbocycles. The molecule has 3 amide bonds. The highest BCUT2D eigenvalue weighted by molar-refractivity contribution is 5.89. The smallest absolute Gasteiger partial charge is 0.321 e. The fourth-order valence-corrected chi connectivity index (χ4v) is 3.73. The van der Waals surface area contributed by atoms with Gasteiger partial charge in [0, 0.05) is 44.5 Å². The lowest BCUT2D eigenvalue weighted by molar-refractivity contribution is -0.134. The molecule has 2 fully saturated rings. The monoisotopic (exact) mass is 392 g/mol. The molecule has 6 heteroatoms. The van der Waals surface area contributed by atoms with Gasteiger partial charge in [0.15, 0.2) is 0 Å². The number of hydrogen-bond donors (Lipinski definition) is 1. The lowest BCUT2D eigenvalue weighted by Gasteiger charge is -2.36. The van der Waals surface area contributed by atoms with E-state index in [9.17, 15) is 9.59 Å². The third-order valence-corrected chi connectivity index (χ3v) is 5.57. The molecule has 2 aliphatic rings. The Bertz CT molecular complexity index is 815. The van der Waals surface area contributed by atoms with Crippen LogP contribution < -0.4 is 5.32 Å². The van der Waals surface area contributed by atoms with Gasteiger partial charge in [-0.05, 0) is 30.5 Å². The van der Waals surface area contributed by atoms with Crippen molar-refractivity contribution >= 4 is 17.6 Å². The third kappa shape index (κ3) is 5.35. The number of piperazine rings is 1. The summed E-state index contributed by atoms with van der Waals surface area (Å²) in [5, 5.41) is 2.91. The second-order valence-corrected chi connectivity index (χ2v) is 7.79. The molecule has 1 saturated heterocycles. The van der Waals surface area contributed by atoms with Crippen molar-refractivity contribution in [3.8, 4) is 0 Å². The predicted octanol–water partition coefficient (Wildman–Crippen LogP) is 3.03. The Kier molecular flexibility index (Phi) is 6.10. The maximum absolute atomic E-state index is 12.9. The van der Waals surface area contributed by atoms with E-state index < -0.39 is 0 Å². The van der Waals surface area contributed by atoms with Gasteiger partial charge in [-0.25, -0.2) is 4.79 Å². The SMILES string of the molecule is O=C(CN(Cc1ccccc1)C1CC1)N1CCN(C(=O)Nc2ccccc2)CC1. The molecule has 2 aromatic rings. The average Bonchev–Trinajstić information content (AvgIpc) is 3.60. The number of nitrogens with one attached hydrogen (secondary N) is 1. The third-order valence-electron chi connectivity index (χ3n) is 5.57. The molecule has 1 aliphatic heterocycles. The Labute approximate surface area is 172 Å². The van der Waals surface area contributed by atoms with Crippen LogP contribution >= 0.6 is 0 Å². The second-order valence-electron chi connectivity index (χ2n) is 7.79. The Morgan fingerprint density at radius 2 is 1.45 bits per heavy atom. The van der Waals surface area contributed by atoms with E-state index in [1.807, 2.05) is 53.4 Å². The van der Waals surface area contributed by atoms with Gasteiger partial charge in [-0.3, -0.25) is 9.69 Å². The van der Waals surface area contributed by atoms with Crippen molar-refractivity contribution in [3.63, 3.8) is 0 Å². The number of para-hydroxylation sites is 1. The second kappa shape index (κ2) is 9.09. The van der Waals surface area contributed by atoms with E-state index in [2.05, 4.69) is 22.3 Å². The molecule has 0 aromatic heterocycles. The van der Waals surface area contributed by atoms with Crippen molar-refractivity contribution in [2.24, 2.45) is 0 Å². The van der Waals surface area contributed by atoms with E-state index >= 15 is 0 Å². The Hall–Kier alpha value is -2.86. The minimum Gasteiger partial charge on any atom is -0.338 e. The van der Waals surface area contributed by atoms with E-state index in [0.29, 0.717) is 38.8 Å². The molecular formula is C23H28N4O2. The van der Waals surface area contributed by atoms with Crippen LogP contribution in [-0.2, 0) is 11.3 Å². The van der Waals surface area contributed by atoms with Crippen molar-refractivity contribution < 1.29 is 9.59 Å². The van der Waals surface area contributed by atoms with Gasteiger partial charge in [-0.15, -0.1) is 0 Å². The van der Waals surface area contributed by atoms with E-state index in [4.69, 9.17) is 0 Å². The van der Waals surface area contributed by atoms with Crippen molar-refractivity contribution in [1.82, 2.24) is 14.7 Å². The Morgan fingerprint density at radius 1 is 0.862 bits per heavy atom. The van der Waals surface area contributed by atoms with Gasteiger partial charge in [0.25, 0.3) is 0 Å². The fourth-order valence-electron chi connectivity index (χ4n) is 3.73. The van der Waals surface area contributed by atoms with Crippen LogP contribution in [0.5, 0.6) is 0 Å². The number of anilines is 1. The molecule has 0 bridgehead atoms. The van der Waals surface area contributed by atoms with Crippen LogP contribution in [0.4, 0.5) is 10.5 Å². The molecule has 29 heavy (non-hydrogen) atoms. The highest BCUT2D eigenvalue weighted by atomic mass is 16.2. The quantitative estimate of drug-likeness (QED) is 0.822. The van der Waals surface area contributed by atoms with Crippen molar-refractivity contribution in [1.29, 1.82) is 0 Å². The zero-order chi connectivity index (χ0) is 20.1. The molecule has 1 N–H and O–H groups in total. The van der Waals surface area contributed by atoms with E-state index in [0.717, 1.165) is 12.2 Å². The summed E-state index contributed by atoms with van der Waals surface area (Å²) in [4.78, 5) is 31.3. The number of amides is 3.